The third-order valence-electron chi connectivity index (χ3n) is 3.86. The highest BCUT2D eigenvalue weighted by Crippen LogP contribution is 2.31. The van der Waals surface area contributed by atoms with Crippen molar-refractivity contribution in [1.29, 1.82) is 0 Å². The second-order valence-corrected chi connectivity index (χ2v) is 6.33. The zero-order valence-corrected chi connectivity index (χ0v) is 15.6. The zero-order valence-electron chi connectivity index (χ0n) is 14.1. The first-order valence-corrected chi connectivity index (χ1v) is 8.70. The van der Waals surface area contributed by atoms with Gasteiger partial charge >= 0.3 is 0 Å². The van der Waals surface area contributed by atoms with Crippen molar-refractivity contribution in [3.05, 3.63) is 57.1 Å². The van der Waals surface area contributed by atoms with Crippen LogP contribution in [-0.4, -0.2) is 5.91 Å². The number of aryl methyl sites for hydroxylation is 2. The highest BCUT2D eigenvalue weighted by atomic mass is 35.5. The van der Waals surface area contributed by atoms with Gasteiger partial charge in [0.05, 0.1) is 5.02 Å². The van der Waals surface area contributed by atoms with Crippen LogP contribution < -0.4 is 10.1 Å². The summed E-state index contributed by atoms with van der Waals surface area (Å²) >= 11 is 12.6. The lowest BCUT2D eigenvalue weighted by atomic mass is 10.1. The molecule has 0 unspecified atom stereocenters. The predicted molar refractivity (Wildman–Crippen MR) is 100 cm³/mol. The molecule has 0 aliphatic carbocycles. The maximum atomic E-state index is 11.7. The molecular weight excluding hydrogens is 345 g/mol. The van der Waals surface area contributed by atoms with Crippen molar-refractivity contribution >= 4 is 34.8 Å². The van der Waals surface area contributed by atoms with Gasteiger partial charge in [0.25, 0.3) is 0 Å². The fourth-order valence-electron chi connectivity index (χ4n) is 2.40. The van der Waals surface area contributed by atoms with E-state index in [4.69, 9.17) is 27.9 Å². The second-order valence-electron chi connectivity index (χ2n) is 5.52. The second kappa shape index (κ2) is 8.41. The molecule has 1 N–H and O–H groups in total. The van der Waals surface area contributed by atoms with Gasteiger partial charge in [-0.3, -0.25) is 4.79 Å². The number of rotatable bonds is 6. The van der Waals surface area contributed by atoms with Gasteiger partial charge < -0.3 is 10.1 Å². The van der Waals surface area contributed by atoms with Crippen LogP contribution in [0.4, 0.5) is 5.69 Å². The number of hydrogen-bond donors (Lipinski definition) is 1. The van der Waals surface area contributed by atoms with Crippen LogP contribution in [0.15, 0.2) is 30.3 Å². The van der Waals surface area contributed by atoms with Crippen molar-refractivity contribution in [2.45, 2.75) is 40.2 Å². The Balaban J connectivity index is 2.23. The van der Waals surface area contributed by atoms with Crippen LogP contribution in [0.3, 0.4) is 0 Å². The number of carbonyl (C=O) groups is 1. The average molecular weight is 366 g/mol. The minimum absolute atomic E-state index is 0.0697. The molecule has 0 radical (unpaired) electrons. The molecule has 24 heavy (non-hydrogen) atoms. The van der Waals surface area contributed by atoms with Gasteiger partial charge in [-0.15, -0.1) is 0 Å². The Kier molecular flexibility index (Phi) is 6.52. The Morgan fingerprint density at radius 3 is 2.58 bits per heavy atom. The van der Waals surface area contributed by atoms with E-state index in [1.165, 1.54) is 5.56 Å². The molecule has 2 rings (SSSR count). The van der Waals surface area contributed by atoms with Crippen LogP contribution >= 0.6 is 23.2 Å². The first-order valence-electron chi connectivity index (χ1n) is 7.95. The molecule has 0 saturated heterocycles. The third kappa shape index (κ3) is 4.43. The lowest BCUT2D eigenvalue weighted by Crippen LogP contribution is -2.12. The summed E-state index contributed by atoms with van der Waals surface area (Å²) in [5, 5.41) is 3.96. The average Bonchev–Trinajstić information content (AvgIpc) is 2.56. The molecule has 0 bridgehead atoms. The summed E-state index contributed by atoms with van der Waals surface area (Å²) in [4.78, 5) is 11.7. The molecule has 1 amide bonds. The Labute approximate surface area is 152 Å². The Morgan fingerprint density at radius 1 is 1.17 bits per heavy atom. The number of nitrogens with one attached hydrogen (secondary N) is 1. The number of ether oxygens (including phenoxy) is 1. The smallest absolute Gasteiger partial charge is 0.224 e. The van der Waals surface area contributed by atoms with E-state index in [-0.39, 0.29) is 12.5 Å². The van der Waals surface area contributed by atoms with Crippen molar-refractivity contribution in [2.75, 3.05) is 5.32 Å². The number of anilines is 1. The Hall–Kier alpha value is -1.71. The normalized spacial score (nSPS) is 10.5. The topological polar surface area (TPSA) is 38.3 Å². The minimum atomic E-state index is -0.0697. The molecule has 0 saturated carbocycles. The van der Waals surface area contributed by atoms with Gasteiger partial charge in [-0.25, -0.2) is 0 Å². The summed E-state index contributed by atoms with van der Waals surface area (Å²) in [6.07, 6.45) is 1.32. The van der Waals surface area contributed by atoms with E-state index in [0.717, 1.165) is 17.5 Å². The van der Waals surface area contributed by atoms with Crippen LogP contribution in [0.1, 0.15) is 37.0 Å². The lowest BCUT2D eigenvalue weighted by Gasteiger charge is -2.15. The monoisotopic (exact) mass is 365 g/mol. The minimum Gasteiger partial charge on any atom is -0.487 e. The molecule has 0 spiro atoms. The van der Waals surface area contributed by atoms with Crippen molar-refractivity contribution < 1.29 is 9.53 Å². The summed E-state index contributed by atoms with van der Waals surface area (Å²) in [6.45, 7) is 6.15. The van der Waals surface area contributed by atoms with Crippen LogP contribution in [0.2, 0.25) is 10.0 Å². The molecule has 5 heteroatoms. The standard InChI is InChI=1S/C19H21Cl2NO2/c1-4-13-10-16(21)18(9-12(13)3)24-11-14-15(20)7-6-8-17(14)22-19(23)5-2/h6-10H,4-5,11H2,1-3H3,(H,22,23). The van der Waals surface area contributed by atoms with E-state index in [9.17, 15) is 4.79 Å². The van der Waals surface area contributed by atoms with E-state index in [1.54, 1.807) is 19.1 Å². The maximum Gasteiger partial charge on any atom is 0.224 e. The molecule has 2 aromatic rings. The first kappa shape index (κ1) is 18.6. The van der Waals surface area contributed by atoms with Crippen molar-refractivity contribution in [1.82, 2.24) is 0 Å². The summed E-state index contributed by atoms with van der Waals surface area (Å²) in [6, 6.07) is 9.24. The molecule has 0 atom stereocenters. The zero-order chi connectivity index (χ0) is 17.7. The highest BCUT2D eigenvalue weighted by Gasteiger charge is 2.12. The van der Waals surface area contributed by atoms with Gasteiger partial charge in [-0.1, -0.05) is 43.1 Å². The number of amides is 1. The highest BCUT2D eigenvalue weighted by molar-refractivity contribution is 6.32. The fourth-order valence-corrected chi connectivity index (χ4v) is 2.87. The molecule has 0 aliphatic rings. The van der Waals surface area contributed by atoms with Gasteiger partial charge in [0.2, 0.25) is 5.91 Å². The molecular formula is C19H21Cl2NO2. The van der Waals surface area contributed by atoms with Crippen LogP contribution in [0.25, 0.3) is 0 Å². The number of carbonyl (C=O) groups excluding carboxylic acids is 1. The lowest BCUT2D eigenvalue weighted by molar-refractivity contribution is -0.115. The predicted octanol–water partition coefficient (Wildman–Crippen LogP) is 5.79. The van der Waals surface area contributed by atoms with Gasteiger partial charge in [0.1, 0.15) is 12.4 Å². The van der Waals surface area contributed by atoms with E-state index in [1.807, 2.05) is 25.1 Å². The van der Waals surface area contributed by atoms with Crippen LogP contribution in [0.5, 0.6) is 5.75 Å². The molecule has 0 fully saturated rings. The number of halogens is 2. The maximum absolute atomic E-state index is 11.7. The van der Waals surface area contributed by atoms with E-state index in [2.05, 4.69) is 12.2 Å². The SMILES string of the molecule is CCC(=O)Nc1cccc(Cl)c1COc1cc(C)c(CC)cc1Cl. The molecule has 0 aliphatic heterocycles. The van der Waals surface area contributed by atoms with Crippen molar-refractivity contribution in [3.63, 3.8) is 0 Å². The number of hydrogen-bond acceptors (Lipinski definition) is 2. The summed E-state index contributed by atoms with van der Waals surface area (Å²) < 4.78 is 5.87. The summed E-state index contributed by atoms with van der Waals surface area (Å²) in [7, 11) is 0. The molecule has 128 valence electrons. The van der Waals surface area contributed by atoms with Gasteiger partial charge in [-0.05, 0) is 48.7 Å². The van der Waals surface area contributed by atoms with Crippen molar-refractivity contribution in [3.8, 4) is 5.75 Å². The molecule has 0 heterocycles. The number of benzene rings is 2. The van der Waals surface area contributed by atoms with E-state index < -0.39 is 0 Å². The summed E-state index contributed by atoms with van der Waals surface area (Å²) in [5.41, 5.74) is 3.72. The van der Waals surface area contributed by atoms with Crippen LogP contribution in [0, 0.1) is 6.92 Å². The molecule has 0 aromatic heterocycles. The first-order chi connectivity index (χ1) is 11.5. The van der Waals surface area contributed by atoms with Crippen LogP contribution in [-0.2, 0) is 17.8 Å². The van der Waals surface area contributed by atoms with E-state index >= 15 is 0 Å². The molecule has 2 aromatic carbocycles. The Morgan fingerprint density at radius 2 is 1.92 bits per heavy atom. The van der Waals surface area contributed by atoms with Gasteiger partial charge in [0.15, 0.2) is 0 Å². The Bertz CT molecular complexity index is 744. The summed E-state index contributed by atoms with van der Waals surface area (Å²) in [5.74, 6) is 0.541. The third-order valence-corrected chi connectivity index (χ3v) is 4.51. The van der Waals surface area contributed by atoms with Crippen molar-refractivity contribution in [2.24, 2.45) is 0 Å². The fraction of sp³-hybridized carbons (Fsp3) is 0.316. The largest absolute Gasteiger partial charge is 0.487 e. The van der Waals surface area contributed by atoms with Gasteiger partial charge in [0, 0.05) is 22.7 Å². The van der Waals surface area contributed by atoms with Gasteiger partial charge in [-0.2, -0.15) is 0 Å². The molecule has 3 nitrogen and oxygen atoms in total. The quantitative estimate of drug-likeness (QED) is 0.703. The van der Waals surface area contributed by atoms with E-state index in [0.29, 0.717) is 27.9 Å².